The number of aliphatic imine (C=N–C) groups is 1. The van der Waals surface area contributed by atoms with E-state index in [9.17, 15) is 9.18 Å². The summed E-state index contributed by atoms with van der Waals surface area (Å²) in [5.74, 6) is 1.19. The quantitative estimate of drug-likeness (QED) is 0.492. The van der Waals surface area contributed by atoms with E-state index in [0.29, 0.717) is 63.1 Å². The number of hydrogen-bond acceptors (Lipinski definition) is 9. The summed E-state index contributed by atoms with van der Waals surface area (Å²) in [5, 5.41) is 17.8. The lowest BCUT2D eigenvalue weighted by atomic mass is 10.1. The SMILES string of the molecule is O=C1OC(CCNCC2Cc3cc(OCCn4ncnn4)cc(F)c3C2)CN1C1=CNCC=N1. The van der Waals surface area contributed by atoms with Crippen molar-refractivity contribution in [3.05, 3.63) is 47.4 Å². The van der Waals surface area contributed by atoms with Gasteiger partial charge in [-0.15, -0.1) is 10.2 Å². The normalized spacial score (nSPS) is 21.3. The third kappa shape index (κ3) is 5.16. The zero-order chi connectivity index (χ0) is 23.3. The summed E-state index contributed by atoms with van der Waals surface area (Å²) in [6.07, 6.45) is 6.47. The van der Waals surface area contributed by atoms with Gasteiger partial charge in [0.2, 0.25) is 0 Å². The third-order valence-electron chi connectivity index (χ3n) is 6.10. The second-order valence-corrected chi connectivity index (χ2v) is 8.53. The van der Waals surface area contributed by atoms with Gasteiger partial charge >= 0.3 is 6.09 Å². The molecule has 2 aromatic rings. The lowest BCUT2D eigenvalue weighted by molar-refractivity contribution is 0.130. The summed E-state index contributed by atoms with van der Waals surface area (Å²) in [6, 6.07) is 3.38. The summed E-state index contributed by atoms with van der Waals surface area (Å²) in [4.78, 5) is 19.3. The number of hydrogen-bond donors (Lipinski definition) is 2. The number of amides is 1. The lowest BCUT2D eigenvalue weighted by Gasteiger charge is -2.16. The molecule has 1 fully saturated rings. The smallest absolute Gasteiger partial charge is 0.415 e. The van der Waals surface area contributed by atoms with E-state index in [2.05, 4.69) is 31.0 Å². The molecule has 180 valence electrons. The van der Waals surface area contributed by atoms with Crippen molar-refractivity contribution in [1.82, 2.24) is 35.7 Å². The topological polar surface area (TPSA) is 119 Å². The molecule has 1 aromatic carbocycles. The number of nitrogens with one attached hydrogen (secondary N) is 2. The molecule has 1 saturated heterocycles. The first-order valence-corrected chi connectivity index (χ1v) is 11.5. The highest BCUT2D eigenvalue weighted by molar-refractivity contribution is 5.73. The maximum Gasteiger partial charge on any atom is 0.415 e. The number of tetrazole rings is 1. The molecule has 0 radical (unpaired) electrons. The Bertz CT molecular complexity index is 1070. The zero-order valence-corrected chi connectivity index (χ0v) is 18.7. The number of fused-ring (bicyclic) bond motifs is 1. The summed E-state index contributed by atoms with van der Waals surface area (Å²) >= 11 is 0. The van der Waals surface area contributed by atoms with Gasteiger partial charge in [-0.2, -0.15) is 4.80 Å². The van der Waals surface area contributed by atoms with Crippen molar-refractivity contribution in [2.75, 3.05) is 32.8 Å². The van der Waals surface area contributed by atoms with Gasteiger partial charge < -0.3 is 20.1 Å². The van der Waals surface area contributed by atoms with Crippen molar-refractivity contribution in [1.29, 1.82) is 0 Å². The molecule has 3 heterocycles. The van der Waals surface area contributed by atoms with E-state index < -0.39 is 0 Å². The monoisotopic (exact) mass is 470 g/mol. The van der Waals surface area contributed by atoms with Crippen molar-refractivity contribution >= 4 is 12.3 Å². The highest BCUT2D eigenvalue weighted by Crippen LogP contribution is 2.32. The zero-order valence-electron chi connectivity index (χ0n) is 18.7. The molecular formula is C22H27FN8O3. The van der Waals surface area contributed by atoms with E-state index >= 15 is 0 Å². The summed E-state index contributed by atoms with van der Waals surface area (Å²) in [6.45, 7) is 3.41. The Morgan fingerprint density at radius 2 is 2.26 bits per heavy atom. The first-order valence-electron chi connectivity index (χ1n) is 11.5. The number of aromatic nitrogens is 4. The highest BCUT2D eigenvalue weighted by atomic mass is 19.1. The molecule has 0 saturated carbocycles. The van der Waals surface area contributed by atoms with E-state index in [-0.39, 0.29) is 18.0 Å². The number of benzene rings is 1. The van der Waals surface area contributed by atoms with E-state index in [1.54, 1.807) is 17.3 Å². The Labute approximate surface area is 196 Å². The fraction of sp³-hybridized carbons (Fsp3) is 0.500. The molecular weight excluding hydrogens is 443 g/mol. The van der Waals surface area contributed by atoms with Crippen molar-refractivity contribution in [2.24, 2.45) is 10.9 Å². The average molecular weight is 471 g/mol. The number of nitrogens with zero attached hydrogens (tertiary/aromatic N) is 6. The third-order valence-corrected chi connectivity index (χ3v) is 6.10. The van der Waals surface area contributed by atoms with Crippen LogP contribution in [0, 0.1) is 11.7 Å². The van der Waals surface area contributed by atoms with E-state index in [4.69, 9.17) is 9.47 Å². The summed E-state index contributed by atoms with van der Waals surface area (Å²) in [5.41, 5.74) is 1.77. The predicted molar refractivity (Wildman–Crippen MR) is 120 cm³/mol. The van der Waals surface area contributed by atoms with Gasteiger partial charge in [0.05, 0.1) is 13.1 Å². The molecule has 0 bridgehead atoms. The molecule has 2 atom stereocenters. The van der Waals surface area contributed by atoms with E-state index in [1.165, 1.54) is 17.2 Å². The van der Waals surface area contributed by atoms with Crippen LogP contribution < -0.4 is 15.4 Å². The number of rotatable bonds is 10. The second-order valence-electron chi connectivity index (χ2n) is 8.53. The fourth-order valence-corrected chi connectivity index (χ4v) is 4.47. The van der Waals surface area contributed by atoms with Crippen LogP contribution >= 0.6 is 0 Å². The Kier molecular flexibility index (Phi) is 6.65. The molecule has 1 aliphatic carbocycles. The largest absolute Gasteiger partial charge is 0.491 e. The molecule has 1 amide bonds. The number of ether oxygens (including phenoxy) is 2. The molecule has 2 N–H and O–H groups in total. The molecule has 2 aliphatic heterocycles. The van der Waals surface area contributed by atoms with Crippen molar-refractivity contribution in [3.8, 4) is 5.75 Å². The van der Waals surface area contributed by atoms with Crippen LogP contribution in [0.1, 0.15) is 17.5 Å². The van der Waals surface area contributed by atoms with E-state index in [1.807, 2.05) is 6.07 Å². The van der Waals surface area contributed by atoms with Crippen LogP contribution in [0.3, 0.4) is 0 Å². The number of halogens is 1. The standard InChI is InChI=1S/C22H27FN8O3/c23-20-10-18(33-6-5-31-28-14-27-29-31)9-16-7-15(8-19(16)20)11-24-2-1-17-13-30(22(32)34-17)21-12-25-3-4-26-21/h4,9-10,12,14-15,17,24-25H,1-3,5-8,11,13H2. The molecule has 3 aliphatic rings. The highest BCUT2D eigenvalue weighted by Gasteiger charge is 2.33. The van der Waals surface area contributed by atoms with Gasteiger partial charge in [-0.05, 0) is 60.7 Å². The van der Waals surface area contributed by atoms with Gasteiger partial charge in [0, 0.05) is 25.0 Å². The predicted octanol–water partition coefficient (Wildman–Crippen LogP) is 0.879. The minimum absolute atomic E-state index is 0.177. The number of carbonyl (C=O) groups is 1. The molecule has 2 unspecified atom stereocenters. The number of cyclic esters (lactones) is 1. The summed E-state index contributed by atoms with van der Waals surface area (Å²) < 4.78 is 25.8. The van der Waals surface area contributed by atoms with Gasteiger partial charge in [-0.1, -0.05) is 0 Å². The average Bonchev–Trinajstić information content (AvgIpc) is 3.58. The molecule has 5 rings (SSSR count). The first-order chi connectivity index (χ1) is 16.7. The Balaban J connectivity index is 1.04. The van der Waals surface area contributed by atoms with Crippen LogP contribution in [0.25, 0.3) is 0 Å². The van der Waals surface area contributed by atoms with Crippen molar-refractivity contribution in [2.45, 2.75) is 31.9 Å². The van der Waals surface area contributed by atoms with Gasteiger partial charge in [0.1, 0.15) is 24.3 Å². The summed E-state index contributed by atoms with van der Waals surface area (Å²) in [7, 11) is 0. The molecule has 34 heavy (non-hydrogen) atoms. The minimum atomic E-state index is -0.366. The van der Waals surface area contributed by atoms with Gasteiger partial charge in [0.15, 0.2) is 12.1 Å². The molecule has 12 heteroatoms. The molecule has 11 nitrogen and oxygen atoms in total. The maximum absolute atomic E-state index is 14.6. The number of carbonyl (C=O) groups excluding carboxylic acids is 1. The maximum atomic E-state index is 14.6. The van der Waals surface area contributed by atoms with Crippen LogP contribution in [-0.2, 0) is 24.1 Å². The fourth-order valence-electron chi connectivity index (χ4n) is 4.47. The minimum Gasteiger partial charge on any atom is -0.491 e. The van der Waals surface area contributed by atoms with Crippen molar-refractivity contribution < 1.29 is 18.7 Å². The van der Waals surface area contributed by atoms with Crippen LogP contribution in [-0.4, -0.2) is 76.3 Å². The Morgan fingerprint density at radius 3 is 3.09 bits per heavy atom. The Hall–Kier alpha value is -3.54. The van der Waals surface area contributed by atoms with Crippen LogP contribution in [0.2, 0.25) is 0 Å². The molecule has 0 spiro atoms. The molecule has 1 aromatic heterocycles. The van der Waals surface area contributed by atoms with Gasteiger partial charge in [-0.25, -0.2) is 14.2 Å². The van der Waals surface area contributed by atoms with Crippen LogP contribution in [0.5, 0.6) is 5.75 Å². The van der Waals surface area contributed by atoms with E-state index in [0.717, 1.165) is 24.1 Å². The van der Waals surface area contributed by atoms with Gasteiger partial charge in [-0.3, -0.25) is 4.90 Å². The van der Waals surface area contributed by atoms with Crippen LogP contribution in [0.15, 0.2) is 35.5 Å². The second kappa shape index (κ2) is 10.2. The lowest BCUT2D eigenvalue weighted by Crippen LogP contribution is -2.29. The van der Waals surface area contributed by atoms with Gasteiger partial charge in [0.25, 0.3) is 0 Å². The Morgan fingerprint density at radius 1 is 1.32 bits per heavy atom. The van der Waals surface area contributed by atoms with Crippen LogP contribution in [0.4, 0.5) is 9.18 Å². The first kappa shape index (κ1) is 22.3. The van der Waals surface area contributed by atoms with Crippen molar-refractivity contribution in [3.63, 3.8) is 0 Å².